The molecule has 1 saturated carbocycles. The molecule has 1 aliphatic carbocycles. The molecule has 1 aromatic heterocycles. The first-order valence-corrected chi connectivity index (χ1v) is 5.76. The molecule has 1 atom stereocenters. The van der Waals surface area contributed by atoms with E-state index >= 15 is 0 Å². The Hall–Kier alpha value is -0.900. The minimum atomic E-state index is -0.469. The average Bonchev–Trinajstić information content (AvgIpc) is 2.50. The molecule has 2 rings (SSSR count). The fourth-order valence-electron chi connectivity index (χ4n) is 1.93. The zero-order valence-corrected chi connectivity index (χ0v) is 9.49. The standard InChI is InChI=1S/C11H19N3O/c1-3-7-11(2,12)10-13-9(14-15-10)8-5-4-6-8/h8H,3-7,12H2,1-2H3. The molecule has 2 N–H and O–H groups in total. The highest BCUT2D eigenvalue weighted by Crippen LogP contribution is 2.35. The van der Waals surface area contributed by atoms with E-state index in [0.29, 0.717) is 11.8 Å². The lowest BCUT2D eigenvalue weighted by atomic mass is 9.85. The smallest absolute Gasteiger partial charge is 0.246 e. The summed E-state index contributed by atoms with van der Waals surface area (Å²) in [6.45, 7) is 4.06. The van der Waals surface area contributed by atoms with E-state index in [0.717, 1.165) is 18.7 Å². The van der Waals surface area contributed by atoms with Gasteiger partial charge in [0, 0.05) is 5.92 Å². The maximum Gasteiger partial charge on any atom is 0.246 e. The summed E-state index contributed by atoms with van der Waals surface area (Å²) in [5, 5.41) is 4.02. The van der Waals surface area contributed by atoms with Gasteiger partial charge in [0.05, 0.1) is 5.54 Å². The monoisotopic (exact) mass is 209 g/mol. The van der Waals surface area contributed by atoms with Crippen molar-refractivity contribution in [1.29, 1.82) is 0 Å². The van der Waals surface area contributed by atoms with Crippen LogP contribution in [0.25, 0.3) is 0 Å². The minimum absolute atomic E-state index is 0.469. The Labute approximate surface area is 90.2 Å². The van der Waals surface area contributed by atoms with E-state index in [9.17, 15) is 0 Å². The van der Waals surface area contributed by atoms with Crippen LogP contribution in [0.4, 0.5) is 0 Å². The second-order valence-corrected chi connectivity index (χ2v) is 4.75. The van der Waals surface area contributed by atoms with Crippen LogP contribution in [0.2, 0.25) is 0 Å². The fraction of sp³-hybridized carbons (Fsp3) is 0.818. The molecule has 0 saturated heterocycles. The number of nitrogens with two attached hydrogens (primary N) is 1. The molecule has 0 spiro atoms. The van der Waals surface area contributed by atoms with E-state index in [2.05, 4.69) is 17.1 Å². The van der Waals surface area contributed by atoms with E-state index in [1.165, 1.54) is 19.3 Å². The van der Waals surface area contributed by atoms with Crippen LogP contribution >= 0.6 is 0 Å². The van der Waals surface area contributed by atoms with Crippen molar-refractivity contribution < 1.29 is 4.52 Å². The molecule has 1 heterocycles. The summed E-state index contributed by atoms with van der Waals surface area (Å²) in [7, 11) is 0. The molecule has 1 fully saturated rings. The molecular formula is C11H19N3O. The molecule has 0 amide bonds. The molecule has 1 aliphatic rings. The molecule has 0 radical (unpaired) electrons. The summed E-state index contributed by atoms with van der Waals surface area (Å²) in [6.07, 6.45) is 5.55. The van der Waals surface area contributed by atoms with Crippen LogP contribution in [0, 0.1) is 0 Å². The highest BCUT2D eigenvalue weighted by Gasteiger charge is 2.30. The quantitative estimate of drug-likeness (QED) is 0.826. The topological polar surface area (TPSA) is 64.9 Å². The second-order valence-electron chi connectivity index (χ2n) is 4.75. The van der Waals surface area contributed by atoms with Crippen molar-refractivity contribution in [1.82, 2.24) is 10.1 Å². The van der Waals surface area contributed by atoms with Gasteiger partial charge in [-0.3, -0.25) is 0 Å². The van der Waals surface area contributed by atoms with Gasteiger partial charge >= 0.3 is 0 Å². The summed E-state index contributed by atoms with van der Waals surface area (Å²) in [4.78, 5) is 4.42. The lowest BCUT2D eigenvalue weighted by Crippen LogP contribution is -2.33. The number of hydrogen-bond acceptors (Lipinski definition) is 4. The predicted octanol–water partition coefficient (Wildman–Crippen LogP) is 2.31. The Kier molecular flexibility index (Phi) is 2.78. The van der Waals surface area contributed by atoms with Gasteiger partial charge in [-0.1, -0.05) is 24.9 Å². The van der Waals surface area contributed by atoms with Gasteiger partial charge in [-0.05, 0) is 26.2 Å². The molecule has 1 aromatic rings. The first kappa shape index (κ1) is 10.6. The van der Waals surface area contributed by atoms with Crippen molar-refractivity contribution in [2.45, 2.75) is 57.4 Å². The summed E-state index contributed by atoms with van der Waals surface area (Å²) >= 11 is 0. The number of aromatic nitrogens is 2. The lowest BCUT2D eigenvalue weighted by Gasteiger charge is -2.21. The van der Waals surface area contributed by atoms with Crippen LogP contribution in [0.1, 0.15) is 63.6 Å². The van der Waals surface area contributed by atoms with E-state index < -0.39 is 5.54 Å². The van der Waals surface area contributed by atoms with Gasteiger partial charge in [0.15, 0.2) is 5.82 Å². The van der Waals surface area contributed by atoms with Crippen LogP contribution in [-0.4, -0.2) is 10.1 Å². The van der Waals surface area contributed by atoms with Crippen molar-refractivity contribution in [3.63, 3.8) is 0 Å². The third kappa shape index (κ3) is 2.04. The second kappa shape index (κ2) is 3.93. The van der Waals surface area contributed by atoms with E-state index in [1.807, 2.05) is 6.92 Å². The van der Waals surface area contributed by atoms with Crippen molar-refractivity contribution >= 4 is 0 Å². The van der Waals surface area contributed by atoms with Crippen molar-refractivity contribution in [2.75, 3.05) is 0 Å². The van der Waals surface area contributed by atoms with Gasteiger partial charge in [-0.25, -0.2) is 0 Å². The van der Waals surface area contributed by atoms with Crippen LogP contribution in [0.5, 0.6) is 0 Å². The molecule has 0 aromatic carbocycles. The Morgan fingerprint density at radius 2 is 2.27 bits per heavy atom. The Morgan fingerprint density at radius 3 is 2.80 bits per heavy atom. The summed E-state index contributed by atoms with van der Waals surface area (Å²) in [5.41, 5.74) is 5.66. The highest BCUT2D eigenvalue weighted by atomic mass is 16.5. The average molecular weight is 209 g/mol. The molecule has 4 heteroatoms. The largest absolute Gasteiger partial charge is 0.337 e. The van der Waals surface area contributed by atoms with Crippen LogP contribution < -0.4 is 5.73 Å². The van der Waals surface area contributed by atoms with Crippen LogP contribution in [0.3, 0.4) is 0 Å². The normalized spacial score (nSPS) is 21.0. The zero-order chi connectivity index (χ0) is 10.9. The molecule has 0 aliphatic heterocycles. The highest BCUT2D eigenvalue weighted by molar-refractivity contribution is 5.04. The predicted molar refractivity (Wildman–Crippen MR) is 57.3 cm³/mol. The molecule has 1 unspecified atom stereocenters. The van der Waals surface area contributed by atoms with Gasteiger partial charge in [0.2, 0.25) is 5.89 Å². The van der Waals surface area contributed by atoms with Crippen molar-refractivity contribution in [3.8, 4) is 0 Å². The molecular weight excluding hydrogens is 190 g/mol. The number of hydrogen-bond donors (Lipinski definition) is 1. The van der Waals surface area contributed by atoms with E-state index in [1.54, 1.807) is 0 Å². The van der Waals surface area contributed by atoms with E-state index in [-0.39, 0.29) is 0 Å². The maximum atomic E-state index is 6.13. The Balaban J connectivity index is 2.11. The third-order valence-corrected chi connectivity index (χ3v) is 3.17. The van der Waals surface area contributed by atoms with Gasteiger partial charge < -0.3 is 10.3 Å². The van der Waals surface area contributed by atoms with Gasteiger partial charge in [-0.2, -0.15) is 4.98 Å². The number of rotatable bonds is 4. The maximum absolute atomic E-state index is 6.13. The fourth-order valence-corrected chi connectivity index (χ4v) is 1.93. The summed E-state index contributed by atoms with van der Waals surface area (Å²) < 4.78 is 5.25. The SMILES string of the molecule is CCCC(C)(N)c1nc(C2CCC2)no1. The van der Waals surface area contributed by atoms with Crippen LogP contribution in [-0.2, 0) is 5.54 Å². The van der Waals surface area contributed by atoms with Crippen molar-refractivity contribution in [2.24, 2.45) is 5.73 Å². The lowest BCUT2D eigenvalue weighted by molar-refractivity contribution is 0.279. The summed E-state index contributed by atoms with van der Waals surface area (Å²) in [5.74, 6) is 1.95. The molecule has 0 bridgehead atoms. The molecule has 84 valence electrons. The third-order valence-electron chi connectivity index (χ3n) is 3.17. The van der Waals surface area contributed by atoms with Crippen molar-refractivity contribution in [3.05, 3.63) is 11.7 Å². The molecule has 15 heavy (non-hydrogen) atoms. The first-order valence-electron chi connectivity index (χ1n) is 5.76. The summed E-state index contributed by atoms with van der Waals surface area (Å²) in [6, 6.07) is 0. The first-order chi connectivity index (χ1) is 7.13. The minimum Gasteiger partial charge on any atom is -0.337 e. The number of nitrogens with zero attached hydrogens (tertiary/aromatic N) is 2. The van der Waals surface area contributed by atoms with E-state index in [4.69, 9.17) is 10.3 Å². The molecule has 4 nitrogen and oxygen atoms in total. The zero-order valence-electron chi connectivity index (χ0n) is 9.49. The van der Waals surface area contributed by atoms with Gasteiger partial charge in [0.1, 0.15) is 0 Å². The van der Waals surface area contributed by atoms with Gasteiger partial charge in [-0.15, -0.1) is 0 Å². The Morgan fingerprint density at radius 1 is 1.53 bits per heavy atom. The Bertz CT molecular complexity index is 328. The van der Waals surface area contributed by atoms with Crippen LogP contribution in [0.15, 0.2) is 4.52 Å². The van der Waals surface area contributed by atoms with Gasteiger partial charge in [0.25, 0.3) is 0 Å².